The van der Waals surface area contributed by atoms with Crippen LogP contribution in [0.4, 0.5) is 0 Å². The molecule has 110 valence electrons. The van der Waals surface area contributed by atoms with Crippen LogP contribution in [0, 0.1) is 6.92 Å². The van der Waals surface area contributed by atoms with Gasteiger partial charge in [0.15, 0.2) is 0 Å². The zero-order valence-electron chi connectivity index (χ0n) is 11.8. The summed E-state index contributed by atoms with van der Waals surface area (Å²) in [5, 5.41) is 15.9. The number of aromatic nitrogens is 1. The van der Waals surface area contributed by atoms with Crippen molar-refractivity contribution in [2.24, 2.45) is 0 Å². The van der Waals surface area contributed by atoms with Crippen LogP contribution in [0.15, 0.2) is 28.1 Å². The molecular weight excluding hydrogens is 276 g/mol. The largest absolute Gasteiger partial charge is 0.389 e. The summed E-state index contributed by atoms with van der Waals surface area (Å²) in [6, 6.07) is 5.92. The first-order chi connectivity index (χ1) is 9.63. The van der Waals surface area contributed by atoms with Crippen molar-refractivity contribution in [3.8, 4) is 0 Å². The Bertz CT molecular complexity index is 498. The highest BCUT2D eigenvalue weighted by molar-refractivity contribution is 7.09. The molecule has 2 rings (SSSR count). The molecular formula is C14H20N2O3S. The van der Waals surface area contributed by atoms with Crippen molar-refractivity contribution >= 4 is 11.3 Å². The van der Waals surface area contributed by atoms with Crippen molar-refractivity contribution in [2.75, 3.05) is 20.2 Å². The van der Waals surface area contributed by atoms with Crippen molar-refractivity contribution in [3.05, 3.63) is 39.9 Å². The van der Waals surface area contributed by atoms with E-state index in [0.29, 0.717) is 26.3 Å². The molecule has 20 heavy (non-hydrogen) atoms. The van der Waals surface area contributed by atoms with E-state index in [4.69, 9.17) is 9.26 Å². The quantitative estimate of drug-likeness (QED) is 0.808. The lowest BCUT2D eigenvalue weighted by Gasteiger charge is -2.19. The van der Waals surface area contributed by atoms with E-state index in [9.17, 15) is 5.11 Å². The number of hydrogen-bond donors (Lipinski definition) is 1. The molecule has 1 unspecified atom stereocenters. The monoisotopic (exact) mass is 296 g/mol. The molecule has 0 aliphatic carbocycles. The second-order valence-electron chi connectivity index (χ2n) is 4.87. The van der Waals surface area contributed by atoms with Gasteiger partial charge >= 0.3 is 0 Å². The van der Waals surface area contributed by atoms with Crippen LogP contribution in [0.1, 0.15) is 16.3 Å². The molecule has 2 heterocycles. The molecule has 0 bridgehead atoms. The van der Waals surface area contributed by atoms with Crippen LogP contribution in [0.2, 0.25) is 0 Å². The van der Waals surface area contributed by atoms with Gasteiger partial charge in [-0.3, -0.25) is 4.90 Å². The fourth-order valence-corrected chi connectivity index (χ4v) is 2.58. The van der Waals surface area contributed by atoms with Gasteiger partial charge in [-0.05, 0) is 25.4 Å². The fourth-order valence-electron chi connectivity index (χ4n) is 1.94. The molecule has 1 N–H and O–H groups in total. The third-order valence-electron chi connectivity index (χ3n) is 2.77. The van der Waals surface area contributed by atoms with Gasteiger partial charge in [-0.15, -0.1) is 11.3 Å². The number of likely N-dealkylation sites (N-methyl/N-ethyl adjacent to an activating group) is 1. The Labute approximate surface area is 122 Å². The first-order valence-corrected chi connectivity index (χ1v) is 7.40. The maximum absolute atomic E-state index is 9.92. The number of nitrogens with zero attached hydrogens (tertiary/aromatic N) is 2. The summed E-state index contributed by atoms with van der Waals surface area (Å²) in [5.41, 5.74) is 0.872. The Morgan fingerprint density at radius 1 is 1.55 bits per heavy atom. The second-order valence-corrected chi connectivity index (χ2v) is 5.91. The molecule has 1 atom stereocenters. The summed E-state index contributed by atoms with van der Waals surface area (Å²) in [4.78, 5) is 3.17. The molecule has 5 nitrogen and oxygen atoms in total. The molecule has 2 aromatic heterocycles. The Kier molecular flexibility index (Phi) is 5.72. The van der Waals surface area contributed by atoms with Crippen LogP contribution in [0.5, 0.6) is 0 Å². The summed E-state index contributed by atoms with van der Waals surface area (Å²) < 4.78 is 10.5. The molecule has 0 saturated heterocycles. The number of rotatable bonds is 8. The number of ether oxygens (including phenoxy) is 1. The highest BCUT2D eigenvalue weighted by atomic mass is 32.1. The minimum absolute atomic E-state index is 0.333. The standard InChI is InChI=1S/C14H20N2O3S/c1-11-6-12(15-19-11)7-16(2)8-13(17)9-18-10-14-4-3-5-20-14/h3-6,13,17H,7-10H2,1-2H3. The number of aryl methyl sites for hydroxylation is 1. The van der Waals surface area contributed by atoms with Gasteiger partial charge in [0.2, 0.25) is 0 Å². The van der Waals surface area contributed by atoms with Gasteiger partial charge in [0.25, 0.3) is 0 Å². The Morgan fingerprint density at radius 2 is 2.40 bits per heavy atom. The summed E-state index contributed by atoms with van der Waals surface area (Å²) in [5.74, 6) is 0.799. The highest BCUT2D eigenvalue weighted by Crippen LogP contribution is 2.10. The van der Waals surface area contributed by atoms with Gasteiger partial charge in [-0.1, -0.05) is 11.2 Å². The van der Waals surface area contributed by atoms with Crippen molar-refractivity contribution in [3.63, 3.8) is 0 Å². The Hall–Kier alpha value is -1.21. The van der Waals surface area contributed by atoms with E-state index in [1.54, 1.807) is 11.3 Å². The van der Waals surface area contributed by atoms with Crippen LogP contribution in [-0.4, -0.2) is 41.5 Å². The van der Waals surface area contributed by atoms with Gasteiger partial charge in [-0.25, -0.2) is 0 Å². The molecule has 0 aromatic carbocycles. The van der Waals surface area contributed by atoms with Gasteiger partial charge in [0.1, 0.15) is 5.76 Å². The third-order valence-corrected chi connectivity index (χ3v) is 3.62. The number of hydrogen-bond acceptors (Lipinski definition) is 6. The van der Waals surface area contributed by atoms with Crippen LogP contribution >= 0.6 is 11.3 Å². The Morgan fingerprint density at radius 3 is 3.05 bits per heavy atom. The summed E-state index contributed by atoms with van der Waals surface area (Å²) >= 11 is 1.66. The number of aliphatic hydroxyl groups is 1. The molecule has 0 amide bonds. The van der Waals surface area contributed by atoms with Crippen molar-refractivity contribution < 1.29 is 14.4 Å². The SMILES string of the molecule is Cc1cc(CN(C)CC(O)COCc2cccs2)no1. The maximum Gasteiger partial charge on any atom is 0.133 e. The lowest BCUT2D eigenvalue weighted by atomic mass is 10.3. The molecule has 0 radical (unpaired) electrons. The average Bonchev–Trinajstić information content (AvgIpc) is 3.01. The van der Waals surface area contributed by atoms with E-state index in [1.165, 1.54) is 4.88 Å². The van der Waals surface area contributed by atoms with Crippen molar-refractivity contribution in [2.45, 2.75) is 26.2 Å². The fraction of sp³-hybridized carbons (Fsp3) is 0.500. The molecule has 0 saturated carbocycles. The minimum atomic E-state index is -0.507. The van der Waals surface area contributed by atoms with Gasteiger partial charge in [0.05, 0.1) is 25.0 Å². The van der Waals surface area contributed by atoms with E-state index in [2.05, 4.69) is 5.16 Å². The van der Waals surface area contributed by atoms with Gasteiger partial charge in [0, 0.05) is 24.0 Å². The van der Waals surface area contributed by atoms with Gasteiger partial charge < -0.3 is 14.4 Å². The topological polar surface area (TPSA) is 58.7 Å². The maximum atomic E-state index is 9.92. The molecule has 6 heteroatoms. The summed E-state index contributed by atoms with van der Waals surface area (Å²) in [6.07, 6.45) is -0.507. The van der Waals surface area contributed by atoms with E-state index in [-0.39, 0.29) is 0 Å². The highest BCUT2D eigenvalue weighted by Gasteiger charge is 2.11. The van der Waals surface area contributed by atoms with E-state index in [0.717, 1.165) is 11.5 Å². The van der Waals surface area contributed by atoms with Crippen LogP contribution < -0.4 is 0 Å². The average molecular weight is 296 g/mol. The summed E-state index contributed by atoms with van der Waals surface area (Å²) in [7, 11) is 1.94. The predicted molar refractivity (Wildman–Crippen MR) is 77.6 cm³/mol. The smallest absolute Gasteiger partial charge is 0.133 e. The van der Waals surface area contributed by atoms with E-state index < -0.39 is 6.10 Å². The van der Waals surface area contributed by atoms with E-state index in [1.807, 2.05) is 42.5 Å². The lowest BCUT2D eigenvalue weighted by molar-refractivity contribution is 0.0133. The molecule has 0 aliphatic heterocycles. The summed E-state index contributed by atoms with van der Waals surface area (Å²) in [6.45, 7) is 3.94. The predicted octanol–water partition coefficient (Wildman–Crippen LogP) is 2.05. The van der Waals surface area contributed by atoms with Crippen molar-refractivity contribution in [1.29, 1.82) is 0 Å². The molecule has 0 spiro atoms. The lowest BCUT2D eigenvalue weighted by Crippen LogP contribution is -2.31. The Balaban J connectivity index is 1.64. The first-order valence-electron chi connectivity index (χ1n) is 6.52. The normalized spacial score (nSPS) is 13.0. The van der Waals surface area contributed by atoms with E-state index >= 15 is 0 Å². The molecule has 2 aromatic rings. The number of thiophene rings is 1. The van der Waals surface area contributed by atoms with Gasteiger partial charge in [-0.2, -0.15) is 0 Å². The molecule has 0 fully saturated rings. The minimum Gasteiger partial charge on any atom is -0.389 e. The van der Waals surface area contributed by atoms with Crippen LogP contribution in [0.25, 0.3) is 0 Å². The first kappa shape index (κ1) is 15.2. The zero-order valence-corrected chi connectivity index (χ0v) is 12.6. The zero-order chi connectivity index (χ0) is 14.4. The third kappa shape index (κ3) is 5.05. The molecule has 0 aliphatic rings. The van der Waals surface area contributed by atoms with Crippen LogP contribution in [0.3, 0.4) is 0 Å². The number of aliphatic hydroxyl groups excluding tert-OH is 1. The van der Waals surface area contributed by atoms with Crippen LogP contribution in [-0.2, 0) is 17.9 Å². The second kappa shape index (κ2) is 7.54. The van der Waals surface area contributed by atoms with Crippen molar-refractivity contribution in [1.82, 2.24) is 10.1 Å².